The van der Waals surface area contributed by atoms with Crippen molar-refractivity contribution >= 4 is 19.4 Å². The van der Waals surface area contributed by atoms with E-state index in [0.717, 1.165) is 0 Å². The van der Waals surface area contributed by atoms with E-state index in [2.05, 4.69) is 16.2 Å². The van der Waals surface area contributed by atoms with E-state index in [0.29, 0.717) is 0 Å². The van der Waals surface area contributed by atoms with Gasteiger partial charge in [0.25, 0.3) is 10.1 Å². The van der Waals surface area contributed by atoms with Gasteiger partial charge in [-0.15, -0.1) is 9.24 Å². The van der Waals surface area contributed by atoms with E-state index in [1.54, 1.807) is 0 Å². The lowest BCUT2D eigenvalue weighted by Gasteiger charge is -1.90. The van der Waals surface area contributed by atoms with Gasteiger partial charge in [-0.1, -0.05) is 26.2 Å². The molecule has 0 aromatic heterocycles. The summed E-state index contributed by atoms with van der Waals surface area (Å²) in [7, 11) is -1.05. The van der Waals surface area contributed by atoms with Crippen LogP contribution >= 0.6 is 9.24 Å². The molecule has 0 aromatic rings. The number of hydrogen-bond acceptors (Lipinski definition) is 3. The van der Waals surface area contributed by atoms with E-state index in [1.165, 1.54) is 31.8 Å². The molecule has 6 heteroatoms. The summed E-state index contributed by atoms with van der Waals surface area (Å²) in [6, 6.07) is 0. The molecule has 0 radical (unpaired) electrons. The molecule has 0 rings (SSSR count). The fourth-order valence-corrected chi connectivity index (χ4v) is 1.31. The van der Waals surface area contributed by atoms with Crippen LogP contribution in [0.1, 0.15) is 32.6 Å². The predicted octanol–water partition coefficient (Wildman–Crippen LogP) is 1.27. The van der Waals surface area contributed by atoms with Gasteiger partial charge in [-0.3, -0.25) is 4.55 Å². The van der Waals surface area contributed by atoms with Crippen molar-refractivity contribution in [3.8, 4) is 0 Å². The van der Waals surface area contributed by atoms with Gasteiger partial charge in [-0.05, 0) is 12.6 Å². The number of hydrogen-bond donors (Lipinski definition) is 2. The minimum Gasteiger partial charge on any atom is -0.329 e. The molecular formula is C8H22NO3PS. The van der Waals surface area contributed by atoms with Crippen molar-refractivity contribution in [2.45, 2.75) is 32.6 Å². The van der Waals surface area contributed by atoms with E-state index in [4.69, 9.17) is 10.3 Å². The Morgan fingerprint density at radius 3 is 2.07 bits per heavy atom. The zero-order valence-corrected chi connectivity index (χ0v) is 10.7. The van der Waals surface area contributed by atoms with Gasteiger partial charge in [0.2, 0.25) is 0 Å². The number of unbranched alkanes of at least 4 members (excludes halogenated alkanes) is 3. The Balaban J connectivity index is 0. The highest BCUT2D eigenvalue weighted by atomic mass is 32.2. The van der Waals surface area contributed by atoms with Gasteiger partial charge < -0.3 is 5.73 Å². The van der Waals surface area contributed by atoms with Crippen molar-refractivity contribution in [3.63, 3.8) is 0 Å². The van der Waals surface area contributed by atoms with E-state index in [1.807, 2.05) is 0 Å². The molecule has 0 aliphatic rings. The molecule has 0 aromatic carbocycles. The Kier molecular flexibility index (Phi) is 13.6. The van der Waals surface area contributed by atoms with Crippen molar-refractivity contribution in [2.24, 2.45) is 5.73 Å². The van der Waals surface area contributed by atoms with E-state index < -0.39 is 10.1 Å². The molecule has 0 aliphatic heterocycles. The monoisotopic (exact) mass is 243 g/mol. The van der Waals surface area contributed by atoms with Crippen molar-refractivity contribution in [3.05, 3.63) is 0 Å². The van der Waals surface area contributed by atoms with Crippen LogP contribution in [-0.4, -0.2) is 31.4 Å². The largest absolute Gasteiger partial charge is 0.329 e. The Hall–Kier alpha value is 0.300. The van der Waals surface area contributed by atoms with Gasteiger partial charge >= 0.3 is 0 Å². The zero-order valence-electron chi connectivity index (χ0n) is 8.78. The van der Waals surface area contributed by atoms with Crippen LogP contribution in [0.3, 0.4) is 0 Å². The normalized spacial score (nSPS) is 10.6. The maximum absolute atomic E-state index is 9.71. The molecule has 1 unspecified atom stereocenters. The van der Waals surface area contributed by atoms with Gasteiger partial charge in [0.15, 0.2) is 0 Å². The quantitative estimate of drug-likeness (QED) is 0.418. The van der Waals surface area contributed by atoms with Gasteiger partial charge in [0.1, 0.15) is 0 Å². The minimum absolute atomic E-state index is 0.0289. The Morgan fingerprint density at radius 2 is 1.86 bits per heavy atom. The highest BCUT2D eigenvalue weighted by molar-refractivity contribution is 7.85. The molecular weight excluding hydrogens is 221 g/mol. The molecule has 3 N–H and O–H groups in total. The van der Waals surface area contributed by atoms with Crippen LogP contribution < -0.4 is 5.73 Å². The summed E-state index contributed by atoms with van der Waals surface area (Å²) in [6.45, 7) is 2.21. The predicted molar refractivity (Wildman–Crippen MR) is 64.2 cm³/mol. The maximum Gasteiger partial charge on any atom is 0.266 e. The highest BCUT2D eigenvalue weighted by Crippen LogP contribution is 2.00. The summed E-state index contributed by atoms with van der Waals surface area (Å²) in [5, 5.41) is 0. The fraction of sp³-hybridized carbons (Fsp3) is 1.00. The first kappa shape index (κ1) is 16.7. The second-order valence-electron chi connectivity index (χ2n) is 2.92. The molecule has 0 saturated heterocycles. The summed E-state index contributed by atoms with van der Waals surface area (Å²) in [6.07, 6.45) is 6.84. The lowest BCUT2D eigenvalue weighted by Crippen LogP contribution is -2.13. The SMILES string of the molecule is CCCCCCP.NCCS(=O)(=O)O. The Bertz CT molecular complexity index is 191. The second-order valence-corrected chi connectivity index (χ2v) is 5.07. The fourth-order valence-electron chi connectivity index (χ4n) is 0.720. The molecule has 0 aliphatic carbocycles. The summed E-state index contributed by atoms with van der Waals surface area (Å²) < 4.78 is 27.3. The van der Waals surface area contributed by atoms with Crippen LogP contribution in [-0.2, 0) is 10.1 Å². The number of rotatable bonds is 6. The van der Waals surface area contributed by atoms with E-state index in [9.17, 15) is 8.42 Å². The van der Waals surface area contributed by atoms with Gasteiger partial charge in [-0.2, -0.15) is 8.42 Å². The first-order chi connectivity index (χ1) is 6.47. The van der Waals surface area contributed by atoms with Crippen LogP contribution in [0.2, 0.25) is 0 Å². The standard InChI is InChI=1S/C6H15P.C2H7NO3S/c1-2-3-4-5-6-7;3-1-2-7(4,5)6/h2-7H2,1H3;1-3H2,(H,4,5,6). The van der Waals surface area contributed by atoms with Crippen LogP contribution in [0.15, 0.2) is 0 Å². The third kappa shape index (κ3) is 22.8. The summed E-state index contributed by atoms with van der Waals surface area (Å²) in [5.74, 6) is -0.354. The molecule has 88 valence electrons. The molecule has 1 atom stereocenters. The van der Waals surface area contributed by atoms with Crippen molar-refractivity contribution in [1.82, 2.24) is 0 Å². The van der Waals surface area contributed by atoms with Gasteiger partial charge in [-0.25, -0.2) is 0 Å². The van der Waals surface area contributed by atoms with Gasteiger partial charge in [0, 0.05) is 6.54 Å². The highest BCUT2D eigenvalue weighted by Gasteiger charge is 1.98. The first-order valence-electron chi connectivity index (χ1n) is 4.83. The Labute approximate surface area is 89.6 Å². The third-order valence-electron chi connectivity index (χ3n) is 1.43. The van der Waals surface area contributed by atoms with Crippen molar-refractivity contribution in [2.75, 3.05) is 18.5 Å². The minimum atomic E-state index is -3.80. The van der Waals surface area contributed by atoms with Crippen LogP contribution in [0, 0.1) is 0 Å². The van der Waals surface area contributed by atoms with Crippen LogP contribution in [0.5, 0.6) is 0 Å². The summed E-state index contributed by atoms with van der Waals surface area (Å²) in [5.41, 5.74) is 4.78. The Morgan fingerprint density at radius 1 is 1.29 bits per heavy atom. The average molecular weight is 243 g/mol. The average Bonchev–Trinajstić information content (AvgIpc) is 2.04. The van der Waals surface area contributed by atoms with E-state index in [-0.39, 0.29) is 12.3 Å². The molecule has 0 saturated carbocycles. The smallest absolute Gasteiger partial charge is 0.266 e. The molecule has 0 spiro atoms. The zero-order chi connectivity index (χ0) is 11.4. The topological polar surface area (TPSA) is 80.4 Å². The second kappa shape index (κ2) is 11.4. The van der Waals surface area contributed by atoms with Crippen LogP contribution in [0.25, 0.3) is 0 Å². The summed E-state index contributed by atoms with van der Waals surface area (Å²) in [4.78, 5) is 0. The molecule has 0 fully saturated rings. The molecule has 14 heavy (non-hydrogen) atoms. The van der Waals surface area contributed by atoms with Gasteiger partial charge in [0.05, 0.1) is 5.75 Å². The molecule has 0 amide bonds. The van der Waals surface area contributed by atoms with Crippen LogP contribution in [0.4, 0.5) is 0 Å². The molecule has 4 nitrogen and oxygen atoms in total. The van der Waals surface area contributed by atoms with Crippen molar-refractivity contribution < 1.29 is 13.0 Å². The first-order valence-corrected chi connectivity index (χ1v) is 7.25. The van der Waals surface area contributed by atoms with E-state index >= 15 is 0 Å². The lowest BCUT2D eigenvalue weighted by molar-refractivity contribution is 0.483. The molecule has 0 heterocycles. The third-order valence-corrected chi connectivity index (χ3v) is 2.59. The summed E-state index contributed by atoms with van der Waals surface area (Å²) >= 11 is 0. The maximum atomic E-state index is 9.71. The van der Waals surface area contributed by atoms with Crippen molar-refractivity contribution in [1.29, 1.82) is 0 Å². The molecule has 0 bridgehead atoms. The lowest BCUT2D eigenvalue weighted by atomic mass is 10.2. The number of nitrogens with two attached hydrogens (primary N) is 1.